The van der Waals surface area contributed by atoms with Crippen molar-refractivity contribution < 1.29 is 0 Å². The molecule has 2 heterocycles. The maximum absolute atomic E-state index is 9.64. The third-order valence-electron chi connectivity index (χ3n) is 10.4. The van der Waals surface area contributed by atoms with Crippen LogP contribution in [0.3, 0.4) is 0 Å². The first-order chi connectivity index (χ1) is 25.9. The first-order valence-electron chi connectivity index (χ1n) is 17.8. The van der Waals surface area contributed by atoms with Gasteiger partial charge in [-0.25, -0.2) is 9.97 Å². The Hall–Kier alpha value is -6.96. The topological polar surface area (TPSA) is 62.5 Å². The van der Waals surface area contributed by atoms with Gasteiger partial charge >= 0.3 is 0 Å². The molecule has 0 amide bonds. The molecule has 0 N–H and O–H groups in total. The first-order valence-corrected chi connectivity index (χ1v) is 17.8. The zero-order valence-electron chi connectivity index (χ0n) is 29.5. The molecule has 6 aromatic carbocycles. The van der Waals surface area contributed by atoms with E-state index in [1.54, 1.807) is 0 Å². The molecule has 53 heavy (non-hydrogen) atoms. The minimum atomic E-state index is -0.249. The summed E-state index contributed by atoms with van der Waals surface area (Å²) in [4.78, 5) is 14.6. The van der Waals surface area contributed by atoms with Crippen LogP contribution >= 0.6 is 0 Å². The average molecular weight is 679 g/mol. The maximum atomic E-state index is 9.64. The summed E-state index contributed by atoms with van der Waals surface area (Å²) in [6.45, 7) is 4.50. The molecule has 250 valence electrons. The average Bonchev–Trinajstić information content (AvgIpc) is 3.46. The number of nitrogens with zero attached hydrogens (tertiary/aromatic N) is 4. The highest BCUT2D eigenvalue weighted by molar-refractivity contribution is 5.87. The van der Waals surface area contributed by atoms with Crippen LogP contribution < -0.4 is 0 Å². The molecule has 0 saturated heterocycles. The number of pyridine rings is 1. The third-order valence-corrected chi connectivity index (χ3v) is 10.4. The monoisotopic (exact) mass is 678 g/mol. The number of aromatic nitrogens is 3. The third kappa shape index (κ3) is 5.89. The minimum absolute atomic E-state index is 0.249. The van der Waals surface area contributed by atoms with E-state index in [9.17, 15) is 5.26 Å². The summed E-state index contributed by atoms with van der Waals surface area (Å²) in [5, 5.41) is 9.64. The Morgan fingerprint density at radius 3 is 1.62 bits per heavy atom. The van der Waals surface area contributed by atoms with Gasteiger partial charge in [-0.15, -0.1) is 0 Å². The molecule has 0 radical (unpaired) electrons. The van der Waals surface area contributed by atoms with Crippen molar-refractivity contribution >= 4 is 0 Å². The van der Waals surface area contributed by atoms with Gasteiger partial charge in [0.25, 0.3) is 0 Å². The van der Waals surface area contributed by atoms with E-state index >= 15 is 0 Å². The van der Waals surface area contributed by atoms with E-state index in [2.05, 4.69) is 134 Å². The predicted octanol–water partition coefficient (Wildman–Crippen LogP) is 12.1. The number of fused-ring (bicyclic) bond motifs is 3. The molecule has 8 aromatic rings. The second-order valence-corrected chi connectivity index (χ2v) is 14.1. The van der Waals surface area contributed by atoms with Gasteiger partial charge in [0.2, 0.25) is 0 Å². The Morgan fingerprint density at radius 2 is 0.943 bits per heavy atom. The second-order valence-electron chi connectivity index (χ2n) is 14.1. The fraction of sp³-hybridized carbons (Fsp3) is 0.0612. The van der Waals surface area contributed by atoms with Crippen LogP contribution in [0.25, 0.3) is 78.4 Å². The SMILES string of the molecule is CC1(C)c2cc(C#N)ccc2-c2ccc(-c3cc(-c4ccncc4)cc(-c4cc(-c5ccc(-c6ccccc6)cc5)nc(-c5ccccc5)n4)c3)cc21. The quantitative estimate of drug-likeness (QED) is 0.176. The van der Waals surface area contributed by atoms with Crippen molar-refractivity contribution in [3.63, 3.8) is 0 Å². The van der Waals surface area contributed by atoms with Crippen LogP contribution in [0.1, 0.15) is 30.5 Å². The van der Waals surface area contributed by atoms with Crippen LogP contribution in [-0.4, -0.2) is 15.0 Å². The number of benzene rings is 6. The van der Waals surface area contributed by atoms with Crippen LogP contribution in [0.4, 0.5) is 0 Å². The van der Waals surface area contributed by atoms with Crippen molar-refractivity contribution in [2.24, 2.45) is 0 Å². The van der Waals surface area contributed by atoms with Gasteiger partial charge in [0.05, 0.1) is 23.0 Å². The van der Waals surface area contributed by atoms with Crippen LogP contribution in [0.2, 0.25) is 0 Å². The Balaban J connectivity index is 1.20. The van der Waals surface area contributed by atoms with Crippen molar-refractivity contribution in [1.82, 2.24) is 15.0 Å². The van der Waals surface area contributed by atoms with E-state index in [0.717, 1.165) is 55.9 Å². The molecule has 1 aliphatic carbocycles. The van der Waals surface area contributed by atoms with E-state index in [4.69, 9.17) is 9.97 Å². The van der Waals surface area contributed by atoms with Crippen molar-refractivity contribution in [3.8, 4) is 84.5 Å². The van der Waals surface area contributed by atoms with Crippen molar-refractivity contribution in [1.29, 1.82) is 5.26 Å². The molecule has 0 bridgehead atoms. The number of rotatable bonds is 6. The minimum Gasteiger partial charge on any atom is -0.265 e. The summed E-state index contributed by atoms with van der Waals surface area (Å²) < 4.78 is 0. The Morgan fingerprint density at radius 1 is 0.434 bits per heavy atom. The van der Waals surface area contributed by atoms with Crippen molar-refractivity contribution in [2.45, 2.75) is 19.3 Å². The Bertz CT molecular complexity index is 2670. The van der Waals surface area contributed by atoms with Gasteiger partial charge in [-0.1, -0.05) is 117 Å². The second kappa shape index (κ2) is 13.0. The molecule has 4 heteroatoms. The van der Waals surface area contributed by atoms with Crippen molar-refractivity contribution in [2.75, 3.05) is 0 Å². The number of hydrogen-bond acceptors (Lipinski definition) is 4. The van der Waals surface area contributed by atoms with Gasteiger partial charge in [-0.05, 0) is 110 Å². The highest BCUT2D eigenvalue weighted by Crippen LogP contribution is 2.50. The summed E-state index contributed by atoms with van der Waals surface area (Å²) in [5.41, 5.74) is 16.7. The standard InChI is InChI=1S/C49H34N4/c1-49(2)44-25-32(31-50)13-19-42(44)43-20-18-38(29-45(43)49)40-26-39(35-21-23-51-24-22-35)27-41(28-40)47-30-46(52-48(53-47)37-11-7-4-8-12-37)36-16-14-34(15-17-36)33-9-5-3-6-10-33/h3-30H,1-2H3. The molecule has 0 spiro atoms. The van der Waals surface area contributed by atoms with Gasteiger partial charge in [-0.3, -0.25) is 4.98 Å². The van der Waals surface area contributed by atoms with Crippen molar-refractivity contribution in [3.05, 3.63) is 187 Å². The van der Waals surface area contributed by atoms with Crippen LogP contribution in [0, 0.1) is 11.3 Å². The highest BCUT2D eigenvalue weighted by atomic mass is 14.9. The van der Waals surface area contributed by atoms with Gasteiger partial charge < -0.3 is 0 Å². The van der Waals surface area contributed by atoms with E-state index in [-0.39, 0.29) is 5.41 Å². The molecular weight excluding hydrogens is 645 g/mol. The molecule has 0 atom stereocenters. The molecule has 9 rings (SSSR count). The summed E-state index contributed by atoms with van der Waals surface area (Å²) in [6.07, 6.45) is 3.67. The number of hydrogen-bond donors (Lipinski definition) is 0. The van der Waals surface area contributed by atoms with Gasteiger partial charge in [0, 0.05) is 34.5 Å². The number of nitriles is 1. The lowest BCUT2D eigenvalue weighted by Crippen LogP contribution is -2.15. The lowest BCUT2D eigenvalue weighted by Gasteiger charge is -2.22. The molecule has 0 fully saturated rings. The Kier molecular flexibility index (Phi) is 7.83. The van der Waals surface area contributed by atoms with E-state index in [1.165, 1.54) is 27.8 Å². The molecule has 0 aliphatic heterocycles. The van der Waals surface area contributed by atoms with E-state index < -0.39 is 0 Å². The zero-order valence-corrected chi connectivity index (χ0v) is 29.5. The first kappa shape index (κ1) is 32.0. The summed E-state index contributed by atoms with van der Waals surface area (Å²) in [5.74, 6) is 0.676. The molecule has 2 aromatic heterocycles. The molecule has 0 unspecified atom stereocenters. The molecular formula is C49H34N4. The predicted molar refractivity (Wildman–Crippen MR) is 215 cm³/mol. The summed E-state index contributed by atoms with van der Waals surface area (Å²) in [7, 11) is 0. The Labute approximate surface area is 309 Å². The molecule has 1 aliphatic rings. The molecule has 4 nitrogen and oxygen atoms in total. The summed E-state index contributed by atoms with van der Waals surface area (Å²) >= 11 is 0. The lowest BCUT2D eigenvalue weighted by atomic mass is 9.81. The summed E-state index contributed by atoms with van der Waals surface area (Å²) in [6, 6.07) is 57.3. The fourth-order valence-corrected chi connectivity index (χ4v) is 7.56. The van der Waals surface area contributed by atoms with Crippen LogP contribution in [0.15, 0.2) is 170 Å². The van der Waals surface area contributed by atoms with Gasteiger partial charge in [-0.2, -0.15) is 5.26 Å². The van der Waals surface area contributed by atoms with Gasteiger partial charge in [0.1, 0.15) is 0 Å². The van der Waals surface area contributed by atoms with Crippen LogP contribution in [0.5, 0.6) is 0 Å². The van der Waals surface area contributed by atoms with Gasteiger partial charge in [0.15, 0.2) is 5.82 Å². The van der Waals surface area contributed by atoms with E-state index in [1.807, 2.05) is 60.9 Å². The largest absolute Gasteiger partial charge is 0.265 e. The fourth-order valence-electron chi connectivity index (χ4n) is 7.56. The highest BCUT2D eigenvalue weighted by Gasteiger charge is 2.36. The normalized spacial score (nSPS) is 12.5. The smallest absolute Gasteiger partial charge is 0.160 e. The molecule has 0 saturated carbocycles. The maximum Gasteiger partial charge on any atom is 0.160 e. The lowest BCUT2D eigenvalue weighted by molar-refractivity contribution is 0.660. The van der Waals surface area contributed by atoms with E-state index in [0.29, 0.717) is 11.4 Å². The zero-order chi connectivity index (χ0) is 35.9. The van der Waals surface area contributed by atoms with Crippen LogP contribution in [-0.2, 0) is 5.41 Å².